The molecule has 0 saturated heterocycles. The normalized spacial score (nSPS) is 18.3. The van der Waals surface area contributed by atoms with Gasteiger partial charge in [-0.05, 0) is 49.8 Å². The molecule has 0 atom stereocenters. The Morgan fingerprint density at radius 1 is 1.06 bits per heavy atom. The van der Waals surface area contributed by atoms with Crippen molar-refractivity contribution in [3.05, 3.63) is 59.6 Å². The fourth-order valence-electron chi connectivity index (χ4n) is 4.54. The Bertz CT molecular complexity index is 1090. The minimum Gasteiger partial charge on any atom is -0.377 e. The number of amides is 2. The number of rotatable bonds is 6. The van der Waals surface area contributed by atoms with Crippen LogP contribution in [0.3, 0.4) is 0 Å². The van der Waals surface area contributed by atoms with Crippen LogP contribution in [0.5, 0.6) is 0 Å². The molecule has 0 bridgehead atoms. The first-order chi connectivity index (χ1) is 15.4. The van der Waals surface area contributed by atoms with Gasteiger partial charge in [-0.1, -0.05) is 41.9 Å². The summed E-state index contributed by atoms with van der Waals surface area (Å²) in [5.41, 5.74) is 8.50. The first kappa shape index (κ1) is 22.2. The highest BCUT2D eigenvalue weighted by Crippen LogP contribution is 2.32. The molecule has 2 amide bonds. The average Bonchev–Trinajstić information content (AvgIpc) is 2.78. The van der Waals surface area contributed by atoms with Gasteiger partial charge in [0.2, 0.25) is 0 Å². The molecule has 1 heterocycles. The Morgan fingerprint density at radius 2 is 1.75 bits per heavy atom. The van der Waals surface area contributed by atoms with Crippen LogP contribution < -0.4 is 20.9 Å². The molecule has 2 aromatic carbocycles. The SMILES string of the molecule is CN(C)c1cc(NC2CCC(CN(C(N)=O)c3ccccc3Cl)CC2)nc2ccccc12. The number of para-hydroxylation sites is 2. The van der Waals surface area contributed by atoms with Crippen LogP contribution in [-0.2, 0) is 0 Å². The second kappa shape index (κ2) is 9.65. The Kier molecular flexibility index (Phi) is 6.70. The van der Waals surface area contributed by atoms with Crippen molar-refractivity contribution in [3.63, 3.8) is 0 Å². The summed E-state index contributed by atoms with van der Waals surface area (Å²) < 4.78 is 0. The summed E-state index contributed by atoms with van der Waals surface area (Å²) in [6, 6.07) is 17.6. The van der Waals surface area contributed by atoms with Crippen molar-refractivity contribution in [2.75, 3.05) is 35.8 Å². The van der Waals surface area contributed by atoms with E-state index < -0.39 is 6.03 Å². The molecule has 3 aromatic rings. The third kappa shape index (κ3) is 4.91. The summed E-state index contributed by atoms with van der Waals surface area (Å²) in [6.45, 7) is 0.588. The molecule has 32 heavy (non-hydrogen) atoms. The lowest BCUT2D eigenvalue weighted by Gasteiger charge is -2.33. The van der Waals surface area contributed by atoms with E-state index in [-0.39, 0.29) is 0 Å². The van der Waals surface area contributed by atoms with Gasteiger partial charge in [0.1, 0.15) is 5.82 Å². The number of carbonyl (C=O) groups is 1. The molecule has 0 unspecified atom stereocenters. The third-order valence-corrected chi connectivity index (χ3v) is 6.54. The van der Waals surface area contributed by atoms with Crippen LogP contribution in [0.2, 0.25) is 5.02 Å². The number of pyridine rings is 1. The minimum atomic E-state index is -0.463. The predicted octanol–water partition coefficient (Wildman–Crippen LogP) is 5.51. The summed E-state index contributed by atoms with van der Waals surface area (Å²) in [5, 5.41) is 5.33. The summed E-state index contributed by atoms with van der Waals surface area (Å²) in [5.74, 6) is 1.30. The number of benzene rings is 2. The van der Waals surface area contributed by atoms with Crippen molar-refractivity contribution < 1.29 is 4.79 Å². The third-order valence-electron chi connectivity index (χ3n) is 6.22. The number of primary amides is 1. The fourth-order valence-corrected chi connectivity index (χ4v) is 4.77. The number of carbonyl (C=O) groups excluding carboxylic acids is 1. The molecule has 168 valence electrons. The van der Waals surface area contributed by atoms with Crippen molar-refractivity contribution in [2.45, 2.75) is 31.7 Å². The van der Waals surface area contributed by atoms with Gasteiger partial charge in [0.25, 0.3) is 0 Å². The maximum Gasteiger partial charge on any atom is 0.319 e. The molecule has 6 nitrogen and oxygen atoms in total. The molecule has 0 radical (unpaired) electrons. The molecule has 7 heteroatoms. The average molecular weight is 452 g/mol. The Morgan fingerprint density at radius 3 is 2.44 bits per heavy atom. The van der Waals surface area contributed by atoms with Gasteiger partial charge < -0.3 is 16.0 Å². The number of hydrogen-bond donors (Lipinski definition) is 2. The summed E-state index contributed by atoms with van der Waals surface area (Å²) in [4.78, 5) is 20.7. The largest absolute Gasteiger partial charge is 0.377 e. The molecule has 1 saturated carbocycles. The van der Waals surface area contributed by atoms with Crippen LogP contribution in [0, 0.1) is 5.92 Å². The highest BCUT2D eigenvalue weighted by atomic mass is 35.5. The maximum absolute atomic E-state index is 12.1. The highest BCUT2D eigenvalue weighted by molar-refractivity contribution is 6.33. The number of nitrogens with one attached hydrogen (secondary N) is 1. The number of urea groups is 1. The van der Waals surface area contributed by atoms with E-state index in [0.29, 0.717) is 29.2 Å². The molecular weight excluding hydrogens is 422 g/mol. The molecule has 0 aliphatic heterocycles. The van der Waals surface area contributed by atoms with Gasteiger partial charge in [0.15, 0.2) is 0 Å². The molecule has 1 fully saturated rings. The Labute approximate surface area is 194 Å². The lowest BCUT2D eigenvalue weighted by atomic mass is 9.85. The van der Waals surface area contributed by atoms with Gasteiger partial charge in [-0.3, -0.25) is 4.90 Å². The van der Waals surface area contributed by atoms with Crippen LogP contribution in [0.1, 0.15) is 25.7 Å². The van der Waals surface area contributed by atoms with Crippen LogP contribution in [0.25, 0.3) is 10.9 Å². The zero-order valence-corrected chi connectivity index (χ0v) is 19.3. The molecule has 0 spiro atoms. The van der Waals surface area contributed by atoms with E-state index in [0.717, 1.165) is 48.1 Å². The fraction of sp³-hybridized carbons (Fsp3) is 0.360. The zero-order chi connectivity index (χ0) is 22.7. The number of anilines is 3. The van der Waals surface area contributed by atoms with Crippen molar-refractivity contribution >= 4 is 45.7 Å². The number of hydrogen-bond acceptors (Lipinski definition) is 4. The van der Waals surface area contributed by atoms with E-state index in [4.69, 9.17) is 22.3 Å². The number of halogens is 1. The number of nitrogens with two attached hydrogens (primary N) is 1. The molecule has 1 aromatic heterocycles. The van der Waals surface area contributed by atoms with Crippen LogP contribution in [-0.4, -0.2) is 37.7 Å². The van der Waals surface area contributed by atoms with Gasteiger partial charge in [-0.25, -0.2) is 9.78 Å². The van der Waals surface area contributed by atoms with Crippen LogP contribution in [0.4, 0.5) is 22.0 Å². The first-order valence-electron chi connectivity index (χ1n) is 11.1. The number of aromatic nitrogens is 1. The summed E-state index contributed by atoms with van der Waals surface area (Å²) >= 11 is 6.30. The van der Waals surface area contributed by atoms with E-state index in [1.54, 1.807) is 11.0 Å². The number of fused-ring (bicyclic) bond motifs is 1. The quantitative estimate of drug-likeness (QED) is 0.518. The summed E-state index contributed by atoms with van der Waals surface area (Å²) in [6.07, 6.45) is 4.07. The molecule has 1 aliphatic carbocycles. The second-order valence-corrected chi connectivity index (χ2v) is 9.11. The molecular formula is C25H30ClN5O. The Hall–Kier alpha value is -2.99. The van der Waals surface area contributed by atoms with Crippen molar-refractivity contribution in [1.29, 1.82) is 0 Å². The molecule has 3 N–H and O–H groups in total. The van der Waals surface area contributed by atoms with E-state index in [2.05, 4.69) is 42.5 Å². The first-order valence-corrected chi connectivity index (χ1v) is 11.5. The zero-order valence-electron chi connectivity index (χ0n) is 18.6. The van der Waals surface area contributed by atoms with Gasteiger partial charge in [0, 0.05) is 43.8 Å². The minimum absolute atomic E-state index is 0.359. The van der Waals surface area contributed by atoms with Gasteiger partial charge in [-0.2, -0.15) is 0 Å². The maximum atomic E-state index is 12.1. The second-order valence-electron chi connectivity index (χ2n) is 8.70. The van der Waals surface area contributed by atoms with Crippen molar-refractivity contribution in [3.8, 4) is 0 Å². The molecule has 1 aliphatic rings. The monoisotopic (exact) mass is 451 g/mol. The van der Waals surface area contributed by atoms with E-state index in [1.165, 1.54) is 0 Å². The van der Waals surface area contributed by atoms with E-state index >= 15 is 0 Å². The van der Waals surface area contributed by atoms with Crippen LogP contribution >= 0.6 is 11.6 Å². The molecule has 4 rings (SSSR count). The van der Waals surface area contributed by atoms with Gasteiger partial charge in [0.05, 0.1) is 16.2 Å². The van der Waals surface area contributed by atoms with E-state index in [9.17, 15) is 4.79 Å². The smallest absolute Gasteiger partial charge is 0.319 e. The van der Waals surface area contributed by atoms with Gasteiger partial charge >= 0.3 is 6.03 Å². The Balaban J connectivity index is 1.41. The topological polar surface area (TPSA) is 74.5 Å². The van der Waals surface area contributed by atoms with Crippen LogP contribution in [0.15, 0.2) is 54.6 Å². The lowest BCUT2D eigenvalue weighted by Crippen LogP contribution is -2.41. The standard InChI is InChI=1S/C25H30ClN5O/c1-30(2)23-15-24(29-21-9-5-3-7-19(21)23)28-18-13-11-17(12-14-18)16-31(25(27)32)22-10-6-4-8-20(22)26/h3-10,15,17-18H,11-14,16H2,1-2H3,(H2,27,32)(H,28,29). The lowest BCUT2D eigenvalue weighted by molar-refractivity contribution is 0.250. The van der Waals surface area contributed by atoms with Gasteiger partial charge in [-0.15, -0.1) is 0 Å². The number of nitrogens with zero attached hydrogens (tertiary/aromatic N) is 3. The van der Waals surface area contributed by atoms with Crippen molar-refractivity contribution in [1.82, 2.24) is 4.98 Å². The van der Waals surface area contributed by atoms with E-state index in [1.807, 2.05) is 30.3 Å². The predicted molar refractivity (Wildman–Crippen MR) is 134 cm³/mol. The van der Waals surface area contributed by atoms with Crippen molar-refractivity contribution in [2.24, 2.45) is 11.7 Å². The summed E-state index contributed by atoms with van der Waals surface area (Å²) in [7, 11) is 4.11. The highest BCUT2D eigenvalue weighted by Gasteiger charge is 2.26.